The van der Waals surface area contributed by atoms with Crippen molar-refractivity contribution in [2.45, 2.75) is 56.6 Å². The molecule has 21 heavy (non-hydrogen) atoms. The lowest BCUT2D eigenvalue weighted by Crippen LogP contribution is -2.53. The highest BCUT2D eigenvalue weighted by atomic mass is 32.2. The molecule has 0 saturated carbocycles. The molecule has 1 fully saturated rings. The number of sulfonamides is 1. The Hall–Kier alpha value is -0.163. The van der Waals surface area contributed by atoms with Gasteiger partial charge >= 0.3 is 15.5 Å². The summed E-state index contributed by atoms with van der Waals surface area (Å²) in [7, 11) is -7.55. The molecule has 0 radical (unpaired) electrons. The molecule has 0 bridgehead atoms. The van der Waals surface area contributed by atoms with E-state index in [9.17, 15) is 21.6 Å². The van der Waals surface area contributed by atoms with Gasteiger partial charge in [0.25, 0.3) is 0 Å². The minimum atomic E-state index is -5.36. The fourth-order valence-corrected chi connectivity index (χ4v) is 3.84. The van der Waals surface area contributed by atoms with Gasteiger partial charge in [0, 0.05) is 13.1 Å². The number of rotatable bonds is 4. The van der Waals surface area contributed by atoms with E-state index in [0.29, 0.717) is 6.54 Å². The van der Waals surface area contributed by atoms with Gasteiger partial charge in [0.15, 0.2) is 8.32 Å². The zero-order chi connectivity index (χ0) is 16.7. The monoisotopic (exact) mass is 348 g/mol. The Bertz CT molecular complexity index is 474. The van der Waals surface area contributed by atoms with E-state index in [4.69, 9.17) is 4.43 Å². The van der Waals surface area contributed by atoms with Gasteiger partial charge in [-0.2, -0.15) is 13.2 Å². The largest absolute Gasteiger partial charge is 0.511 e. The van der Waals surface area contributed by atoms with Crippen LogP contribution >= 0.6 is 0 Å². The highest BCUT2D eigenvalue weighted by Gasteiger charge is 2.49. The van der Waals surface area contributed by atoms with Crippen molar-refractivity contribution in [2.75, 3.05) is 13.1 Å². The van der Waals surface area contributed by atoms with E-state index >= 15 is 0 Å². The molecule has 5 nitrogen and oxygen atoms in total. The fourth-order valence-electron chi connectivity index (χ4n) is 1.72. The number of alkyl halides is 3. The quantitative estimate of drug-likeness (QED) is 0.760. The van der Waals surface area contributed by atoms with Crippen LogP contribution in [0.25, 0.3) is 0 Å². The summed E-state index contributed by atoms with van der Waals surface area (Å²) >= 11 is 0. The lowest BCUT2D eigenvalue weighted by molar-refractivity contribution is -0.0453. The molecule has 0 aromatic rings. The molecule has 10 heteroatoms. The molecular weight excluding hydrogens is 325 g/mol. The maximum absolute atomic E-state index is 12.4. The van der Waals surface area contributed by atoms with Crippen LogP contribution in [0.2, 0.25) is 18.1 Å². The SMILES string of the molecule is CC(C)(C)[Si](C)(C)O[C@H]1CNC[C@@H]1NS(=O)(=O)C(F)(F)F. The molecule has 0 aromatic carbocycles. The highest BCUT2D eigenvalue weighted by Crippen LogP contribution is 2.38. The van der Waals surface area contributed by atoms with E-state index in [1.165, 1.54) is 0 Å². The number of nitrogens with one attached hydrogen (secondary N) is 2. The molecule has 2 atom stereocenters. The number of hydrogen-bond acceptors (Lipinski definition) is 4. The lowest BCUT2D eigenvalue weighted by atomic mass is 10.2. The third kappa shape index (κ3) is 4.41. The molecule has 1 aliphatic heterocycles. The Morgan fingerprint density at radius 2 is 1.71 bits per heavy atom. The average Bonchev–Trinajstić information content (AvgIpc) is 2.60. The molecule has 0 aromatic heterocycles. The van der Waals surface area contributed by atoms with E-state index in [1.54, 1.807) is 4.72 Å². The second-order valence-corrected chi connectivity index (χ2v) is 13.2. The van der Waals surface area contributed by atoms with E-state index in [0.717, 1.165) is 0 Å². The highest BCUT2D eigenvalue weighted by molar-refractivity contribution is 7.90. The van der Waals surface area contributed by atoms with Crippen LogP contribution in [0.5, 0.6) is 0 Å². The van der Waals surface area contributed by atoms with E-state index in [2.05, 4.69) is 5.32 Å². The Balaban J connectivity index is 2.83. The van der Waals surface area contributed by atoms with Gasteiger partial charge in [-0.25, -0.2) is 13.1 Å². The van der Waals surface area contributed by atoms with Gasteiger partial charge < -0.3 is 9.74 Å². The smallest absolute Gasteiger partial charge is 0.411 e. The van der Waals surface area contributed by atoms with Crippen molar-refractivity contribution in [3.05, 3.63) is 0 Å². The molecule has 1 heterocycles. The van der Waals surface area contributed by atoms with E-state index in [1.807, 2.05) is 33.9 Å². The summed E-state index contributed by atoms with van der Waals surface area (Å²) in [5.74, 6) is 0. The van der Waals surface area contributed by atoms with Gasteiger partial charge in [-0.15, -0.1) is 0 Å². The topological polar surface area (TPSA) is 67.4 Å². The van der Waals surface area contributed by atoms with Crippen LogP contribution < -0.4 is 10.0 Å². The van der Waals surface area contributed by atoms with Gasteiger partial charge in [-0.1, -0.05) is 20.8 Å². The Morgan fingerprint density at radius 1 is 1.19 bits per heavy atom. The molecule has 1 saturated heterocycles. The maximum atomic E-state index is 12.4. The molecule has 0 spiro atoms. The van der Waals surface area contributed by atoms with Crippen LogP contribution in [0, 0.1) is 0 Å². The van der Waals surface area contributed by atoms with Crippen molar-refractivity contribution in [1.29, 1.82) is 0 Å². The molecule has 1 aliphatic rings. The first kappa shape index (κ1) is 18.9. The third-order valence-electron chi connectivity index (χ3n) is 4.02. The van der Waals surface area contributed by atoms with Crippen molar-refractivity contribution in [1.82, 2.24) is 10.0 Å². The Kier molecular flexibility index (Phi) is 5.22. The normalized spacial score (nSPS) is 25.3. The van der Waals surface area contributed by atoms with Crippen molar-refractivity contribution >= 4 is 18.3 Å². The molecular formula is C11H23F3N2O3SSi. The summed E-state index contributed by atoms with van der Waals surface area (Å²) in [6, 6.07) is -0.911. The first-order valence-corrected chi connectivity index (χ1v) is 11.0. The maximum Gasteiger partial charge on any atom is 0.511 e. The first-order valence-electron chi connectivity index (χ1n) is 6.64. The van der Waals surface area contributed by atoms with Gasteiger partial charge in [0.2, 0.25) is 0 Å². The zero-order valence-electron chi connectivity index (χ0n) is 12.8. The molecule has 2 N–H and O–H groups in total. The molecule has 1 rings (SSSR count). The summed E-state index contributed by atoms with van der Waals surface area (Å²) in [5, 5.41) is 2.77. The van der Waals surface area contributed by atoms with Gasteiger partial charge in [-0.05, 0) is 18.1 Å². The minimum Gasteiger partial charge on any atom is -0.411 e. The van der Waals surface area contributed by atoms with Gasteiger partial charge in [0.05, 0.1) is 12.1 Å². The van der Waals surface area contributed by atoms with Crippen molar-refractivity contribution in [2.24, 2.45) is 0 Å². The first-order chi connectivity index (χ1) is 9.17. The van der Waals surface area contributed by atoms with Gasteiger partial charge in [0.1, 0.15) is 0 Å². The standard InChI is InChI=1S/C11H23F3N2O3SSi/c1-10(2,3)21(4,5)19-9-7-15-6-8(9)16-20(17,18)11(12,13)14/h8-9,15-16H,6-7H2,1-5H3/t8-,9-/m0/s1. The number of hydrogen-bond donors (Lipinski definition) is 2. The van der Waals surface area contributed by atoms with Crippen molar-refractivity contribution in [3.63, 3.8) is 0 Å². The van der Waals surface area contributed by atoms with Crippen LogP contribution in [0.4, 0.5) is 13.2 Å². The van der Waals surface area contributed by atoms with E-state index < -0.39 is 36.0 Å². The van der Waals surface area contributed by atoms with E-state index in [-0.39, 0.29) is 11.6 Å². The summed E-state index contributed by atoms with van der Waals surface area (Å²) in [6.07, 6.45) is -0.594. The molecule has 0 unspecified atom stereocenters. The summed E-state index contributed by atoms with van der Waals surface area (Å²) in [5.41, 5.74) is -5.31. The van der Waals surface area contributed by atoms with Crippen molar-refractivity contribution in [3.8, 4) is 0 Å². The number of halogens is 3. The average molecular weight is 348 g/mol. The van der Waals surface area contributed by atoms with Crippen molar-refractivity contribution < 1.29 is 26.0 Å². The Labute approximate surface area is 124 Å². The second kappa shape index (κ2) is 5.80. The van der Waals surface area contributed by atoms with Gasteiger partial charge in [-0.3, -0.25) is 0 Å². The minimum absolute atomic E-state index is 0.108. The second-order valence-electron chi connectivity index (χ2n) is 6.75. The van der Waals surface area contributed by atoms with Crippen LogP contribution in [0.3, 0.4) is 0 Å². The zero-order valence-corrected chi connectivity index (χ0v) is 14.7. The summed E-state index contributed by atoms with van der Waals surface area (Å²) < 4.78 is 67.4. The fraction of sp³-hybridized carbons (Fsp3) is 1.00. The predicted molar refractivity (Wildman–Crippen MR) is 76.8 cm³/mol. The summed E-state index contributed by atoms with van der Waals surface area (Å²) in [6.45, 7) is 10.4. The molecule has 126 valence electrons. The molecule has 0 aliphatic carbocycles. The summed E-state index contributed by atoms with van der Waals surface area (Å²) in [4.78, 5) is 0. The van der Waals surface area contributed by atoms with Crippen LogP contribution in [0.1, 0.15) is 20.8 Å². The molecule has 0 amide bonds. The Morgan fingerprint density at radius 3 is 2.14 bits per heavy atom. The predicted octanol–water partition coefficient (Wildman–Crippen LogP) is 1.79. The lowest BCUT2D eigenvalue weighted by Gasteiger charge is -2.39. The van der Waals surface area contributed by atoms with Crippen LogP contribution in [-0.2, 0) is 14.4 Å². The van der Waals surface area contributed by atoms with Crippen LogP contribution in [-0.4, -0.2) is 47.5 Å². The van der Waals surface area contributed by atoms with Crippen LogP contribution in [0.15, 0.2) is 0 Å². The third-order valence-corrected chi connectivity index (χ3v) is 9.75.